The first-order valence-corrected chi connectivity index (χ1v) is 7.53. The van der Waals surface area contributed by atoms with E-state index >= 15 is 0 Å². The third kappa shape index (κ3) is 2.69. The van der Waals surface area contributed by atoms with E-state index < -0.39 is 11.6 Å². The third-order valence-corrected chi connectivity index (χ3v) is 4.32. The molecule has 0 spiro atoms. The number of benzene rings is 3. The monoisotopic (exact) mass is 527 g/mol. The Morgan fingerprint density at radius 1 is 0.720 bits per heavy atom. The SMILES string of the molecule is O=C1OC(c2ccc(O)cc2)(c2ccc(O)cc2)c2ccccc21.[Bi]. The molecule has 0 atom stereocenters. The number of cyclic esters (lactones) is 1. The molecule has 1 aliphatic heterocycles. The number of hydrogen-bond donors (Lipinski definition) is 2. The van der Waals surface area contributed by atoms with Crippen molar-refractivity contribution in [1.82, 2.24) is 0 Å². The Labute approximate surface area is 163 Å². The maximum Gasteiger partial charge on any atom is 0.340 e. The second-order valence-corrected chi connectivity index (χ2v) is 5.71. The van der Waals surface area contributed by atoms with Crippen molar-refractivity contribution in [2.75, 3.05) is 0 Å². The van der Waals surface area contributed by atoms with E-state index in [0.717, 1.165) is 16.7 Å². The standard InChI is InChI=1S/C20H14O4.Bi/c21-15-9-5-13(6-10-15)20(14-7-11-16(22)12-8-14)18-4-2-1-3-17(18)19(23)24-20;/h1-12,21-22H;. The van der Waals surface area contributed by atoms with E-state index in [2.05, 4.69) is 0 Å². The average Bonchev–Trinajstić information content (AvgIpc) is 2.91. The van der Waals surface area contributed by atoms with E-state index in [1.165, 1.54) is 0 Å². The van der Waals surface area contributed by atoms with E-state index in [-0.39, 0.29) is 37.7 Å². The van der Waals surface area contributed by atoms with Crippen molar-refractivity contribution in [1.29, 1.82) is 0 Å². The van der Waals surface area contributed by atoms with E-state index in [4.69, 9.17) is 4.74 Å². The molecule has 25 heavy (non-hydrogen) atoms. The molecule has 0 bridgehead atoms. The Morgan fingerprint density at radius 3 is 1.72 bits per heavy atom. The van der Waals surface area contributed by atoms with Crippen molar-refractivity contribution in [3.63, 3.8) is 0 Å². The zero-order valence-corrected chi connectivity index (χ0v) is 16.6. The van der Waals surface area contributed by atoms with Crippen LogP contribution in [-0.4, -0.2) is 42.4 Å². The topological polar surface area (TPSA) is 66.8 Å². The molecule has 1 heterocycles. The summed E-state index contributed by atoms with van der Waals surface area (Å²) in [5.74, 6) is -0.124. The van der Waals surface area contributed by atoms with Crippen molar-refractivity contribution in [3.05, 3.63) is 95.1 Å². The van der Waals surface area contributed by atoms with Gasteiger partial charge in [0.15, 0.2) is 5.60 Å². The van der Waals surface area contributed by atoms with Gasteiger partial charge in [0.05, 0.1) is 5.56 Å². The molecule has 0 unspecified atom stereocenters. The smallest absolute Gasteiger partial charge is 0.340 e. The molecule has 0 amide bonds. The Balaban J connectivity index is 0.00000182. The van der Waals surface area contributed by atoms with Gasteiger partial charge in [-0.1, -0.05) is 42.5 Å². The van der Waals surface area contributed by atoms with Crippen molar-refractivity contribution in [2.24, 2.45) is 0 Å². The average molecular weight is 527 g/mol. The summed E-state index contributed by atoms with van der Waals surface area (Å²) in [5.41, 5.74) is 1.60. The van der Waals surface area contributed by atoms with E-state index in [0.29, 0.717) is 5.56 Å². The van der Waals surface area contributed by atoms with Gasteiger partial charge in [-0.15, -0.1) is 0 Å². The van der Waals surface area contributed by atoms with Crippen LogP contribution in [0, 0.1) is 0 Å². The largest absolute Gasteiger partial charge is 0.508 e. The van der Waals surface area contributed by atoms with Crippen molar-refractivity contribution in [2.45, 2.75) is 5.60 Å². The molecule has 2 N–H and O–H groups in total. The number of carbonyl (C=O) groups excluding carboxylic acids is 1. The van der Waals surface area contributed by atoms with Crippen LogP contribution in [0.2, 0.25) is 0 Å². The Hall–Kier alpha value is -2.39. The number of hydrogen-bond acceptors (Lipinski definition) is 4. The van der Waals surface area contributed by atoms with E-state index in [1.807, 2.05) is 12.1 Å². The summed E-state index contributed by atoms with van der Waals surface area (Å²) in [6, 6.07) is 20.4. The molecule has 3 aromatic rings. The fraction of sp³-hybridized carbons (Fsp3) is 0.0500. The normalized spacial score (nSPS) is 14.3. The summed E-state index contributed by atoms with van der Waals surface area (Å²) < 4.78 is 5.87. The second-order valence-electron chi connectivity index (χ2n) is 5.71. The molecule has 0 saturated heterocycles. The molecule has 5 heteroatoms. The molecule has 0 aliphatic carbocycles. The summed E-state index contributed by atoms with van der Waals surface area (Å²) in [5, 5.41) is 19.2. The summed E-state index contributed by atoms with van der Waals surface area (Å²) in [4.78, 5) is 12.4. The molecule has 0 aromatic heterocycles. The van der Waals surface area contributed by atoms with Crippen LogP contribution in [0.25, 0.3) is 0 Å². The summed E-state index contributed by atoms with van der Waals surface area (Å²) >= 11 is 0. The van der Waals surface area contributed by atoms with Gasteiger partial charge in [-0.2, -0.15) is 0 Å². The van der Waals surface area contributed by atoms with Crippen LogP contribution in [0.1, 0.15) is 27.0 Å². The predicted molar refractivity (Wildman–Crippen MR) is 93.7 cm³/mol. The van der Waals surface area contributed by atoms with Crippen molar-refractivity contribution < 1.29 is 19.7 Å². The number of esters is 1. The van der Waals surface area contributed by atoms with Crippen molar-refractivity contribution in [3.8, 4) is 11.5 Å². The third-order valence-electron chi connectivity index (χ3n) is 4.32. The quantitative estimate of drug-likeness (QED) is 0.397. The van der Waals surface area contributed by atoms with E-state index in [1.54, 1.807) is 60.7 Å². The van der Waals surface area contributed by atoms with E-state index in [9.17, 15) is 15.0 Å². The van der Waals surface area contributed by atoms with Gasteiger partial charge in [-0.05, 0) is 30.3 Å². The maximum absolute atomic E-state index is 12.4. The van der Waals surface area contributed by atoms with Crippen LogP contribution in [0.5, 0.6) is 11.5 Å². The molecule has 3 aromatic carbocycles. The number of rotatable bonds is 2. The van der Waals surface area contributed by atoms with Crippen LogP contribution in [0.15, 0.2) is 72.8 Å². The van der Waals surface area contributed by atoms with Gasteiger partial charge in [0, 0.05) is 42.9 Å². The van der Waals surface area contributed by atoms with Gasteiger partial charge in [0.2, 0.25) is 0 Å². The summed E-state index contributed by atoms with van der Waals surface area (Å²) in [6.07, 6.45) is 0. The molecular formula is C20H14BiO4. The first-order valence-electron chi connectivity index (χ1n) is 7.53. The number of phenolic OH excluding ortho intramolecular Hbond substituents is 2. The fourth-order valence-corrected chi connectivity index (χ4v) is 3.20. The molecule has 0 saturated carbocycles. The number of phenols is 2. The van der Waals surface area contributed by atoms with Crippen molar-refractivity contribution >= 4 is 32.2 Å². The van der Waals surface area contributed by atoms with Crippen LogP contribution in [0.4, 0.5) is 0 Å². The summed E-state index contributed by atoms with van der Waals surface area (Å²) in [6.45, 7) is 0. The molecule has 4 nitrogen and oxygen atoms in total. The van der Waals surface area contributed by atoms with Gasteiger partial charge < -0.3 is 14.9 Å². The number of ether oxygens (including phenoxy) is 1. The Morgan fingerprint density at radius 2 is 1.20 bits per heavy atom. The second kappa shape index (κ2) is 6.49. The first kappa shape index (κ1) is 17.4. The molecule has 0 fully saturated rings. The Kier molecular flexibility index (Phi) is 4.53. The minimum absolute atomic E-state index is 0. The van der Waals surface area contributed by atoms with Gasteiger partial charge in [0.25, 0.3) is 0 Å². The zero-order valence-electron chi connectivity index (χ0n) is 13.1. The first-order chi connectivity index (χ1) is 11.6. The van der Waals surface area contributed by atoms with Gasteiger partial charge >= 0.3 is 5.97 Å². The van der Waals surface area contributed by atoms with Crippen LogP contribution in [-0.2, 0) is 10.3 Å². The predicted octanol–water partition coefficient (Wildman–Crippen LogP) is 3.18. The molecule has 123 valence electrons. The van der Waals surface area contributed by atoms with Gasteiger partial charge in [0.1, 0.15) is 11.5 Å². The minimum atomic E-state index is -1.10. The molecule has 1 aliphatic rings. The molecular weight excluding hydrogens is 513 g/mol. The minimum Gasteiger partial charge on any atom is -0.508 e. The van der Waals surface area contributed by atoms with Crippen LogP contribution < -0.4 is 0 Å². The maximum atomic E-state index is 12.4. The summed E-state index contributed by atoms with van der Waals surface area (Å²) in [7, 11) is 0. The zero-order chi connectivity index (χ0) is 16.7. The van der Waals surface area contributed by atoms with Crippen LogP contribution >= 0.6 is 0 Å². The number of fused-ring (bicyclic) bond motifs is 1. The van der Waals surface area contributed by atoms with Crippen LogP contribution in [0.3, 0.4) is 0 Å². The molecule has 3 radical (unpaired) electrons. The fourth-order valence-electron chi connectivity index (χ4n) is 3.20. The van der Waals surface area contributed by atoms with Gasteiger partial charge in [-0.3, -0.25) is 0 Å². The Bertz CT molecular complexity index is 872. The van der Waals surface area contributed by atoms with Gasteiger partial charge in [-0.25, -0.2) is 4.79 Å². The number of aromatic hydroxyl groups is 2. The number of carbonyl (C=O) groups is 1. The molecule has 4 rings (SSSR count).